The fraction of sp³-hybridized carbons (Fsp3) is 0.0370. The maximum Gasteiger partial charge on any atom is 0.0435 e. The summed E-state index contributed by atoms with van der Waals surface area (Å²) in [7, 11) is 0. The standard InChI is InChI=1S/C54H36/c1-54(44-18-6-3-7-19-44)51-23-13-12-22-47(51)50-32-38-25-24-37(28-42(38)34-52(50)54)41-29-40(35-14-4-2-5-15-35)30-43(31-41)53-46-21-11-9-17-39(46)33-49-45-20-10-8-16-36(45)26-27-48(49)53/h2-34H,1H3. The Morgan fingerprint density at radius 2 is 0.944 bits per heavy atom. The molecule has 1 atom stereocenters. The molecule has 10 aromatic carbocycles. The maximum absolute atomic E-state index is 2.46. The van der Waals surface area contributed by atoms with Crippen molar-refractivity contribution in [3.8, 4) is 44.5 Å². The third kappa shape index (κ3) is 4.63. The van der Waals surface area contributed by atoms with Crippen molar-refractivity contribution in [2.24, 2.45) is 0 Å². The molecule has 0 heterocycles. The van der Waals surface area contributed by atoms with Crippen molar-refractivity contribution in [2.75, 3.05) is 0 Å². The van der Waals surface area contributed by atoms with Gasteiger partial charge in [-0.1, -0.05) is 158 Å². The van der Waals surface area contributed by atoms with E-state index >= 15 is 0 Å². The molecule has 10 aromatic rings. The van der Waals surface area contributed by atoms with Gasteiger partial charge in [0.25, 0.3) is 0 Å². The third-order valence-electron chi connectivity index (χ3n) is 12.1. The molecule has 0 aliphatic heterocycles. The molecular weight excluding hydrogens is 649 g/mol. The highest BCUT2D eigenvalue weighted by Crippen LogP contribution is 2.53. The lowest BCUT2D eigenvalue weighted by Gasteiger charge is -2.28. The molecule has 252 valence electrons. The monoisotopic (exact) mass is 684 g/mol. The SMILES string of the molecule is CC1(c2ccccc2)c2ccccc2-c2cc3ccc(-c4cc(-c5ccccc5)cc(-c5c6ccccc6cc6c5ccc5ccccc56)c4)cc3cc21. The summed E-state index contributed by atoms with van der Waals surface area (Å²) in [6.45, 7) is 2.40. The van der Waals surface area contributed by atoms with Gasteiger partial charge in [-0.25, -0.2) is 0 Å². The molecule has 0 bridgehead atoms. The van der Waals surface area contributed by atoms with Crippen LogP contribution in [0.1, 0.15) is 23.6 Å². The number of benzene rings is 10. The van der Waals surface area contributed by atoms with Crippen LogP contribution in [0.5, 0.6) is 0 Å². The smallest absolute Gasteiger partial charge is 0.0435 e. The Balaban J connectivity index is 1.15. The Hall–Kier alpha value is -6.76. The first-order valence-electron chi connectivity index (χ1n) is 18.9. The van der Waals surface area contributed by atoms with E-state index in [1.807, 2.05) is 0 Å². The molecule has 0 fully saturated rings. The average molecular weight is 685 g/mol. The van der Waals surface area contributed by atoms with Crippen LogP contribution in [0.25, 0.3) is 87.6 Å². The second-order valence-corrected chi connectivity index (χ2v) is 15.0. The van der Waals surface area contributed by atoms with Crippen LogP contribution in [-0.2, 0) is 5.41 Å². The van der Waals surface area contributed by atoms with Crippen LogP contribution in [0.4, 0.5) is 0 Å². The summed E-state index contributed by atoms with van der Waals surface area (Å²) in [5.74, 6) is 0. The minimum absolute atomic E-state index is 0.239. The van der Waals surface area contributed by atoms with Crippen LogP contribution >= 0.6 is 0 Å². The summed E-state index contributed by atoms with van der Waals surface area (Å²) < 4.78 is 0. The van der Waals surface area contributed by atoms with E-state index in [2.05, 4.69) is 207 Å². The van der Waals surface area contributed by atoms with Gasteiger partial charge in [-0.05, 0) is 154 Å². The summed E-state index contributed by atoms with van der Waals surface area (Å²) >= 11 is 0. The molecule has 1 unspecified atom stereocenters. The Kier molecular flexibility index (Phi) is 6.78. The lowest BCUT2D eigenvalue weighted by molar-refractivity contribution is 0.715. The molecular formula is C54H36. The van der Waals surface area contributed by atoms with Crippen LogP contribution in [0.3, 0.4) is 0 Å². The summed E-state index contributed by atoms with van der Waals surface area (Å²) in [6, 6.07) is 74.5. The van der Waals surface area contributed by atoms with E-state index in [1.165, 1.54) is 104 Å². The van der Waals surface area contributed by atoms with Crippen LogP contribution in [0.2, 0.25) is 0 Å². The summed E-state index contributed by atoms with van der Waals surface area (Å²) in [5, 5.41) is 10.2. The normalized spacial score (nSPS) is 14.8. The fourth-order valence-corrected chi connectivity index (χ4v) is 9.36. The quantitative estimate of drug-likeness (QED) is 0.128. The second-order valence-electron chi connectivity index (χ2n) is 15.0. The van der Waals surface area contributed by atoms with Gasteiger partial charge in [0.1, 0.15) is 0 Å². The lowest BCUT2D eigenvalue weighted by Crippen LogP contribution is -2.22. The van der Waals surface area contributed by atoms with Gasteiger partial charge >= 0.3 is 0 Å². The molecule has 0 amide bonds. The van der Waals surface area contributed by atoms with Gasteiger partial charge in [0.15, 0.2) is 0 Å². The predicted molar refractivity (Wildman–Crippen MR) is 230 cm³/mol. The molecule has 0 spiro atoms. The van der Waals surface area contributed by atoms with Gasteiger partial charge in [-0.15, -0.1) is 0 Å². The molecule has 0 radical (unpaired) electrons. The van der Waals surface area contributed by atoms with E-state index < -0.39 is 0 Å². The highest BCUT2D eigenvalue weighted by Gasteiger charge is 2.40. The van der Waals surface area contributed by atoms with E-state index in [1.54, 1.807) is 0 Å². The molecule has 0 N–H and O–H groups in total. The Labute approximate surface area is 315 Å². The van der Waals surface area contributed by atoms with Crippen molar-refractivity contribution in [2.45, 2.75) is 12.3 Å². The number of rotatable bonds is 4. The van der Waals surface area contributed by atoms with E-state index in [0.717, 1.165) is 0 Å². The highest BCUT2D eigenvalue weighted by atomic mass is 14.4. The molecule has 0 saturated carbocycles. The number of hydrogen-bond acceptors (Lipinski definition) is 0. The first kappa shape index (κ1) is 30.8. The zero-order chi connectivity index (χ0) is 35.8. The molecule has 1 aliphatic rings. The van der Waals surface area contributed by atoms with Crippen molar-refractivity contribution >= 4 is 43.1 Å². The Morgan fingerprint density at radius 1 is 0.296 bits per heavy atom. The van der Waals surface area contributed by atoms with Crippen molar-refractivity contribution in [3.63, 3.8) is 0 Å². The largest absolute Gasteiger partial charge is 0.0622 e. The van der Waals surface area contributed by atoms with E-state index in [9.17, 15) is 0 Å². The van der Waals surface area contributed by atoms with Gasteiger partial charge in [-0.2, -0.15) is 0 Å². The second kappa shape index (κ2) is 11.9. The maximum atomic E-state index is 2.46. The van der Waals surface area contributed by atoms with Gasteiger partial charge in [0.2, 0.25) is 0 Å². The molecule has 0 nitrogen and oxygen atoms in total. The zero-order valence-electron chi connectivity index (χ0n) is 30.1. The lowest BCUT2D eigenvalue weighted by atomic mass is 9.74. The topological polar surface area (TPSA) is 0 Å². The van der Waals surface area contributed by atoms with Gasteiger partial charge in [0.05, 0.1) is 0 Å². The van der Waals surface area contributed by atoms with E-state index in [-0.39, 0.29) is 5.41 Å². The van der Waals surface area contributed by atoms with Gasteiger partial charge < -0.3 is 0 Å². The molecule has 0 aromatic heterocycles. The Bertz CT molecular complexity index is 3100. The van der Waals surface area contributed by atoms with E-state index in [0.29, 0.717) is 0 Å². The molecule has 11 rings (SSSR count). The molecule has 1 aliphatic carbocycles. The molecule has 54 heavy (non-hydrogen) atoms. The summed E-state index contributed by atoms with van der Waals surface area (Å²) in [4.78, 5) is 0. The van der Waals surface area contributed by atoms with Gasteiger partial charge in [-0.3, -0.25) is 0 Å². The summed E-state index contributed by atoms with van der Waals surface area (Å²) in [6.07, 6.45) is 0. The number of fused-ring (bicyclic) bond motifs is 8. The first-order chi connectivity index (χ1) is 26.6. The average Bonchev–Trinajstić information content (AvgIpc) is 3.49. The van der Waals surface area contributed by atoms with Crippen LogP contribution in [0, 0.1) is 0 Å². The van der Waals surface area contributed by atoms with Crippen LogP contribution < -0.4 is 0 Å². The van der Waals surface area contributed by atoms with Crippen LogP contribution in [0.15, 0.2) is 200 Å². The molecule has 0 saturated heterocycles. The van der Waals surface area contributed by atoms with Gasteiger partial charge in [0, 0.05) is 5.41 Å². The highest BCUT2D eigenvalue weighted by molar-refractivity contribution is 6.20. The van der Waals surface area contributed by atoms with E-state index in [4.69, 9.17) is 0 Å². The zero-order valence-corrected chi connectivity index (χ0v) is 30.1. The van der Waals surface area contributed by atoms with Crippen molar-refractivity contribution in [1.82, 2.24) is 0 Å². The first-order valence-corrected chi connectivity index (χ1v) is 18.9. The minimum atomic E-state index is -0.239. The Morgan fingerprint density at radius 3 is 1.78 bits per heavy atom. The number of hydrogen-bond donors (Lipinski definition) is 0. The minimum Gasteiger partial charge on any atom is -0.0622 e. The van der Waals surface area contributed by atoms with Crippen molar-refractivity contribution in [3.05, 3.63) is 217 Å². The van der Waals surface area contributed by atoms with Crippen molar-refractivity contribution < 1.29 is 0 Å². The van der Waals surface area contributed by atoms with Crippen molar-refractivity contribution in [1.29, 1.82) is 0 Å². The molecule has 0 heteroatoms. The predicted octanol–water partition coefficient (Wildman–Crippen LogP) is 14.6. The summed E-state index contributed by atoms with van der Waals surface area (Å²) in [5.41, 5.74) is 13.9. The van der Waals surface area contributed by atoms with Crippen LogP contribution in [-0.4, -0.2) is 0 Å². The third-order valence-corrected chi connectivity index (χ3v) is 12.1. The fourth-order valence-electron chi connectivity index (χ4n) is 9.36.